The Hall–Kier alpha value is -0.830. The summed E-state index contributed by atoms with van der Waals surface area (Å²) >= 11 is 3.74. The number of carbonyl (C=O) groups is 1. The van der Waals surface area contributed by atoms with Crippen molar-refractivity contribution < 1.29 is 4.79 Å². The molecule has 0 bridgehead atoms. The summed E-state index contributed by atoms with van der Waals surface area (Å²) in [6.07, 6.45) is 5.45. The van der Waals surface area contributed by atoms with Gasteiger partial charge in [0.25, 0.3) is 0 Å². The highest BCUT2D eigenvalue weighted by Crippen LogP contribution is 2.37. The van der Waals surface area contributed by atoms with Gasteiger partial charge in [-0.15, -0.1) is 0 Å². The Kier molecular flexibility index (Phi) is 3.92. The van der Waals surface area contributed by atoms with Gasteiger partial charge in [0, 0.05) is 16.8 Å². The monoisotopic (exact) mass is 321 g/mol. The van der Waals surface area contributed by atoms with Crippen molar-refractivity contribution in [3.63, 3.8) is 0 Å². The smallest absolute Gasteiger partial charge is 0.223 e. The van der Waals surface area contributed by atoms with E-state index < -0.39 is 0 Å². The van der Waals surface area contributed by atoms with Crippen LogP contribution in [0.2, 0.25) is 0 Å². The van der Waals surface area contributed by atoms with Crippen LogP contribution in [0.1, 0.15) is 31.2 Å². The standard InChI is InChI=1S/C16H20BrNO/c17-14-6-7-15-12(10-14)9-13(16(19)18-15)8-11-4-2-1-3-5-11/h1-5,12-15H,6-10H2,(H,18,19). The van der Waals surface area contributed by atoms with Crippen molar-refractivity contribution in [2.24, 2.45) is 11.8 Å². The number of rotatable bonds is 2. The highest BCUT2D eigenvalue weighted by atomic mass is 79.9. The van der Waals surface area contributed by atoms with Crippen molar-refractivity contribution in [1.82, 2.24) is 5.32 Å². The minimum atomic E-state index is 0.154. The van der Waals surface area contributed by atoms with Gasteiger partial charge >= 0.3 is 0 Å². The van der Waals surface area contributed by atoms with Gasteiger partial charge < -0.3 is 5.32 Å². The van der Waals surface area contributed by atoms with Crippen LogP contribution < -0.4 is 5.32 Å². The summed E-state index contributed by atoms with van der Waals surface area (Å²) in [5.41, 5.74) is 1.27. The van der Waals surface area contributed by atoms with Crippen LogP contribution in [0.15, 0.2) is 30.3 Å². The largest absolute Gasteiger partial charge is 0.353 e. The van der Waals surface area contributed by atoms with E-state index in [4.69, 9.17) is 0 Å². The zero-order valence-electron chi connectivity index (χ0n) is 11.0. The first-order chi connectivity index (χ1) is 9.22. The molecule has 2 fully saturated rings. The first-order valence-electron chi connectivity index (χ1n) is 7.21. The predicted molar refractivity (Wildman–Crippen MR) is 80.2 cm³/mol. The third-order valence-electron chi connectivity index (χ3n) is 4.53. The fourth-order valence-corrected chi connectivity index (χ4v) is 4.25. The Morgan fingerprint density at radius 3 is 2.74 bits per heavy atom. The molecular formula is C16H20BrNO. The molecule has 0 radical (unpaired) electrons. The molecule has 1 saturated carbocycles. The van der Waals surface area contributed by atoms with Gasteiger partial charge in [0.2, 0.25) is 5.91 Å². The number of halogens is 1. The maximum absolute atomic E-state index is 12.2. The fraction of sp³-hybridized carbons (Fsp3) is 0.562. The number of fused-ring (bicyclic) bond motifs is 1. The third-order valence-corrected chi connectivity index (χ3v) is 5.36. The van der Waals surface area contributed by atoms with E-state index in [2.05, 4.69) is 33.4 Å². The normalized spacial score (nSPS) is 34.5. The summed E-state index contributed by atoms with van der Waals surface area (Å²) in [6.45, 7) is 0. The predicted octanol–water partition coefficient (Wildman–Crippen LogP) is 3.30. The summed E-state index contributed by atoms with van der Waals surface area (Å²) in [6, 6.07) is 10.8. The van der Waals surface area contributed by atoms with Crippen molar-refractivity contribution in [1.29, 1.82) is 0 Å². The molecule has 1 aliphatic heterocycles. The Balaban J connectivity index is 1.67. The number of nitrogens with one attached hydrogen (secondary N) is 1. The van der Waals surface area contributed by atoms with Crippen molar-refractivity contribution in [3.05, 3.63) is 35.9 Å². The second kappa shape index (κ2) is 5.66. The quantitative estimate of drug-likeness (QED) is 0.832. The van der Waals surface area contributed by atoms with E-state index in [-0.39, 0.29) is 11.8 Å². The Bertz CT molecular complexity index is 447. The average molecular weight is 322 g/mol. The molecule has 4 unspecified atom stereocenters. The van der Waals surface area contributed by atoms with Gasteiger partial charge in [0.05, 0.1) is 0 Å². The summed E-state index contributed by atoms with van der Waals surface area (Å²) in [5, 5.41) is 3.25. The van der Waals surface area contributed by atoms with Crippen LogP contribution in [0.5, 0.6) is 0 Å². The van der Waals surface area contributed by atoms with Crippen LogP contribution in [-0.4, -0.2) is 16.8 Å². The van der Waals surface area contributed by atoms with Crippen LogP contribution in [0.4, 0.5) is 0 Å². The molecule has 3 heteroatoms. The van der Waals surface area contributed by atoms with E-state index >= 15 is 0 Å². The van der Waals surface area contributed by atoms with Gasteiger partial charge in [0.15, 0.2) is 0 Å². The van der Waals surface area contributed by atoms with Crippen LogP contribution in [0, 0.1) is 11.8 Å². The van der Waals surface area contributed by atoms with Crippen LogP contribution in [0.25, 0.3) is 0 Å². The van der Waals surface area contributed by atoms with E-state index in [0.717, 1.165) is 19.3 Å². The molecule has 1 amide bonds. The molecule has 0 aromatic heterocycles. The molecule has 2 nitrogen and oxygen atoms in total. The van der Waals surface area contributed by atoms with Crippen LogP contribution in [-0.2, 0) is 11.2 Å². The van der Waals surface area contributed by atoms with Gasteiger partial charge in [-0.3, -0.25) is 4.79 Å². The maximum atomic E-state index is 12.2. The van der Waals surface area contributed by atoms with Gasteiger partial charge in [-0.2, -0.15) is 0 Å². The van der Waals surface area contributed by atoms with Crippen LogP contribution in [0.3, 0.4) is 0 Å². The van der Waals surface area contributed by atoms with Gasteiger partial charge in [-0.25, -0.2) is 0 Å². The number of hydrogen-bond donors (Lipinski definition) is 1. The number of piperidine rings is 1. The van der Waals surface area contributed by atoms with Gasteiger partial charge in [-0.05, 0) is 43.6 Å². The van der Waals surface area contributed by atoms with Gasteiger partial charge in [0.1, 0.15) is 0 Å². The summed E-state index contributed by atoms with van der Waals surface area (Å²) in [7, 11) is 0. The molecule has 0 spiro atoms. The number of carbonyl (C=O) groups excluding carboxylic acids is 1. The lowest BCUT2D eigenvalue weighted by molar-refractivity contribution is -0.129. The number of alkyl halides is 1. The molecule has 19 heavy (non-hydrogen) atoms. The zero-order chi connectivity index (χ0) is 13.2. The second-order valence-corrected chi connectivity index (χ2v) is 7.20. The summed E-state index contributed by atoms with van der Waals surface area (Å²) in [5.74, 6) is 1.07. The molecular weight excluding hydrogens is 302 g/mol. The van der Waals surface area contributed by atoms with Gasteiger partial charge in [-0.1, -0.05) is 46.3 Å². The number of amides is 1. The van der Waals surface area contributed by atoms with E-state index in [0.29, 0.717) is 16.8 Å². The van der Waals surface area contributed by atoms with Crippen LogP contribution >= 0.6 is 15.9 Å². The third kappa shape index (κ3) is 3.02. The number of benzene rings is 1. The molecule has 1 aliphatic carbocycles. The highest BCUT2D eigenvalue weighted by Gasteiger charge is 2.38. The zero-order valence-corrected chi connectivity index (χ0v) is 12.6. The minimum absolute atomic E-state index is 0.154. The van der Waals surface area contributed by atoms with Crippen molar-refractivity contribution >= 4 is 21.8 Å². The van der Waals surface area contributed by atoms with E-state index in [1.165, 1.54) is 18.4 Å². The number of hydrogen-bond acceptors (Lipinski definition) is 1. The molecule has 1 heterocycles. The Labute approximate surface area is 123 Å². The molecule has 1 saturated heterocycles. The van der Waals surface area contributed by atoms with Crippen molar-refractivity contribution in [2.75, 3.05) is 0 Å². The SMILES string of the molecule is O=C1NC2CCC(Br)CC2CC1Cc1ccccc1. The van der Waals surface area contributed by atoms with E-state index in [9.17, 15) is 4.79 Å². The van der Waals surface area contributed by atoms with Crippen molar-refractivity contribution in [3.8, 4) is 0 Å². The lowest BCUT2D eigenvalue weighted by Crippen LogP contribution is -2.52. The molecule has 1 aromatic rings. The molecule has 1 aromatic carbocycles. The van der Waals surface area contributed by atoms with E-state index in [1.807, 2.05) is 18.2 Å². The summed E-state index contributed by atoms with van der Waals surface area (Å²) in [4.78, 5) is 12.9. The fourth-order valence-electron chi connectivity index (χ4n) is 3.50. The van der Waals surface area contributed by atoms with E-state index in [1.54, 1.807) is 0 Å². The molecule has 102 valence electrons. The lowest BCUT2D eigenvalue weighted by atomic mass is 9.74. The molecule has 1 N–H and O–H groups in total. The summed E-state index contributed by atoms with van der Waals surface area (Å²) < 4.78 is 0. The Morgan fingerprint density at radius 1 is 1.16 bits per heavy atom. The average Bonchev–Trinajstić information content (AvgIpc) is 2.41. The molecule has 2 aliphatic rings. The molecule has 3 rings (SSSR count). The maximum Gasteiger partial charge on any atom is 0.223 e. The Morgan fingerprint density at radius 2 is 1.95 bits per heavy atom. The van der Waals surface area contributed by atoms with Crippen molar-refractivity contribution in [2.45, 2.75) is 43.0 Å². The molecule has 4 atom stereocenters. The first kappa shape index (κ1) is 13.2. The first-order valence-corrected chi connectivity index (χ1v) is 8.12. The minimum Gasteiger partial charge on any atom is -0.353 e. The lowest BCUT2D eigenvalue weighted by Gasteiger charge is -2.41. The second-order valence-electron chi connectivity index (χ2n) is 5.91. The highest BCUT2D eigenvalue weighted by molar-refractivity contribution is 9.09. The topological polar surface area (TPSA) is 29.1 Å².